The van der Waals surface area contributed by atoms with E-state index < -0.39 is 0 Å². The van der Waals surface area contributed by atoms with Gasteiger partial charge in [0.15, 0.2) is 0 Å². The lowest BCUT2D eigenvalue weighted by Crippen LogP contribution is -2.27. The quantitative estimate of drug-likeness (QED) is 0.687. The van der Waals surface area contributed by atoms with Crippen LogP contribution in [0.1, 0.15) is 13.8 Å². The van der Waals surface area contributed by atoms with E-state index in [1.807, 2.05) is 13.0 Å². The second-order valence-electron chi connectivity index (χ2n) is 3.78. The minimum absolute atomic E-state index is 0.123. The van der Waals surface area contributed by atoms with Crippen molar-refractivity contribution in [2.24, 2.45) is 17.5 Å². The highest BCUT2D eigenvalue weighted by Crippen LogP contribution is 2.39. The van der Waals surface area contributed by atoms with Crippen LogP contribution in [-0.2, 0) is 22.7 Å². The topological polar surface area (TPSA) is 49.4 Å². The van der Waals surface area contributed by atoms with Gasteiger partial charge in [-0.25, -0.2) is 8.73 Å². The predicted octanol–water partition coefficient (Wildman–Crippen LogP) is 2.77. The van der Waals surface area contributed by atoms with Crippen molar-refractivity contribution in [1.29, 1.82) is 0 Å². The summed E-state index contributed by atoms with van der Waals surface area (Å²) in [6.07, 6.45) is 4.10. The van der Waals surface area contributed by atoms with Gasteiger partial charge in [0.1, 0.15) is 23.5 Å². The summed E-state index contributed by atoms with van der Waals surface area (Å²) in [7, 11) is 0. The zero-order chi connectivity index (χ0) is 11.1. The van der Waals surface area contributed by atoms with Crippen molar-refractivity contribution in [3.05, 3.63) is 34.7 Å². The Morgan fingerprint density at radius 3 is 2.62 bits per heavy atom. The molecule has 0 bridgehead atoms. The van der Waals surface area contributed by atoms with Gasteiger partial charge in [0.2, 0.25) is 0 Å². The molecule has 0 N–H and O–H groups in total. The minimum atomic E-state index is 0.123. The molecule has 0 aromatic carbocycles. The standard InChI is InChI=1S/C10H10N4S2/c1-3-4-6-9-7(11-15-13-9)5(2)8-10(6)14-16-12-8/h3-4,7,9H,1-2H3/b4-3+. The van der Waals surface area contributed by atoms with E-state index in [2.05, 4.69) is 30.5 Å². The van der Waals surface area contributed by atoms with Crippen molar-refractivity contribution in [2.75, 3.05) is 0 Å². The van der Waals surface area contributed by atoms with Crippen LogP contribution in [0.2, 0.25) is 0 Å². The summed E-state index contributed by atoms with van der Waals surface area (Å²) in [6, 6.07) is 0.269. The third-order valence-electron chi connectivity index (χ3n) is 2.86. The average Bonchev–Trinajstić information content (AvgIpc) is 2.92. The van der Waals surface area contributed by atoms with Gasteiger partial charge < -0.3 is 0 Å². The van der Waals surface area contributed by atoms with Crippen LogP contribution in [0.4, 0.5) is 0 Å². The Morgan fingerprint density at radius 2 is 1.81 bits per heavy atom. The van der Waals surface area contributed by atoms with E-state index in [-0.39, 0.29) is 12.1 Å². The zero-order valence-corrected chi connectivity index (χ0v) is 10.5. The second kappa shape index (κ2) is 3.71. The summed E-state index contributed by atoms with van der Waals surface area (Å²) >= 11 is 2.57. The summed E-state index contributed by atoms with van der Waals surface area (Å²) < 4.78 is 17.6. The van der Waals surface area contributed by atoms with E-state index in [0.717, 1.165) is 17.0 Å². The van der Waals surface area contributed by atoms with Gasteiger partial charge in [-0.05, 0) is 19.4 Å². The van der Waals surface area contributed by atoms with E-state index >= 15 is 0 Å². The molecule has 2 aliphatic heterocycles. The fourth-order valence-corrected chi connectivity index (χ4v) is 3.45. The fourth-order valence-electron chi connectivity index (χ4n) is 2.06. The first-order chi connectivity index (χ1) is 7.83. The maximum atomic E-state index is 4.46. The van der Waals surface area contributed by atoms with Crippen LogP contribution in [0, 0.1) is 0 Å². The summed E-state index contributed by atoms with van der Waals surface area (Å²) in [5.74, 6) is 0. The van der Waals surface area contributed by atoms with Crippen molar-refractivity contribution < 1.29 is 0 Å². The summed E-state index contributed by atoms with van der Waals surface area (Å²) in [5, 5.41) is 0. The maximum Gasteiger partial charge on any atom is 0.118 e. The fraction of sp³-hybridized carbons (Fsp3) is 0.400. The summed E-state index contributed by atoms with van der Waals surface area (Å²) in [4.78, 5) is 0. The van der Waals surface area contributed by atoms with E-state index in [4.69, 9.17) is 0 Å². The molecule has 1 aliphatic carbocycles. The van der Waals surface area contributed by atoms with Gasteiger partial charge in [0, 0.05) is 5.57 Å². The van der Waals surface area contributed by atoms with Crippen LogP contribution in [-0.4, -0.2) is 12.1 Å². The van der Waals surface area contributed by atoms with E-state index in [0.29, 0.717) is 0 Å². The van der Waals surface area contributed by atoms with Gasteiger partial charge in [-0.15, -0.1) is 0 Å². The van der Waals surface area contributed by atoms with E-state index in [1.54, 1.807) is 0 Å². The molecule has 0 saturated carbocycles. The molecule has 0 amide bonds. The smallest absolute Gasteiger partial charge is 0.118 e. The third kappa shape index (κ3) is 1.26. The highest BCUT2D eigenvalue weighted by Gasteiger charge is 2.37. The highest BCUT2D eigenvalue weighted by atomic mass is 32.1. The Morgan fingerprint density at radius 1 is 1.06 bits per heavy atom. The van der Waals surface area contributed by atoms with Gasteiger partial charge in [0.05, 0.1) is 22.7 Å². The molecule has 0 aromatic heterocycles. The number of hydrogen-bond acceptors (Lipinski definition) is 4. The van der Waals surface area contributed by atoms with Gasteiger partial charge in [-0.2, -0.15) is 8.73 Å². The molecule has 0 saturated heterocycles. The van der Waals surface area contributed by atoms with Crippen molar-refractivity contribution in [1.82, 2.24) is 0 Å². The number of fused-ring (bicyclic) bond motifs is 2. The van der Waals surface area contributed by atoms with Crippen LogP contribution in [0.3, 0.4) is 0 Å². The molecule has 82 valence electrons. The SMILES string of the molecule is C/C=C/C1=C2N=S=NC2=C(C)C2N=S=NC12. The van der Waals surface area contributed by atoms with Crippen LogP contribution in [0.25, 0.3) is 0 Å². The predicted molar refractivity (Wildman–Crippen MR) is 66.6 cm³/mol. The van der Waals surface area contributed by atoms with Gasteiger partial charge >= 0.3 is 0 Å². The van der Waals surface area contributed by atoms with E-state index in [1.165, 1.54) is 28.3 Å². The van der Waals surface area contributed by atoms with Gasteiger partial charge in [-0.3, -0.25) is 0 Å². The molecule has 4 nitrogen and oxygen atoms in total. The molecular formula is C10H10N4S2. The summed E-state index contributed by atoms with van der Waals surface area (Å²) in [6.45, 7) is 4.08. The number of rotatable bonds is 1. The van der Waals surface area contributed by atoms with Crippen LogP contribution >= 0.6 is 0 Å². The lowest BCUT2D eigenvalue weighted by Gasteiger charge is -2.24. The Labute approximate surface area is 101 Å². The average molecular weight is 250 g/mol. The molecule has 0 radical (unpaired) electrons. The Kier molecular flexibility index (Phi) is 2.33. The third-order valence-corrected chi connectivity index (χ3v) is 4.04. The zero-order valence-electron chi connectivity index (χ0n) is 8.91. The lowest BCUT2D eigenvalue weighted by atomic mass is 9.86. The summed E-state index contributed by atoms with van der Waals surface area (Å²) in [5.41, 5.74) is 4.33. The minimum Gasteiger partial charge on any atom is -0.203 e. The molecule has 2 heterocycles. The molecule has 16 heavy (non-hydrogen) atoms. The lowest BCUT2D eigenvalue weighted by molar-refractivity contribution is 0.664. The molecule has 6 heteroatoms. The maximum absolute atomic E-state index is 4.46. The molecule has 0 aromatic rings. The number of allylic oxidation sites excluding steroid dienone is 1. The normalized spacial score (nSPS) is 30.9. The highest BCUT2D eigenvalue weighted by molar-refractivity contribution is 7.58. The molecule has 2 unspecified atom stereocenters. The van der Waals surface area contributed by atoms with Gasteiger partial charge in [0.25, 0.3) is 0 Å². The van der Waals surface area contributed by atoms with E-state index in [9.17, 15) is 0 Å². The first-order valence-electron chi connectivity index (χ1n) is 5.05. The first kappa shape index (κ1) is 10.0. The van der Waals surface area contributed by atoms with Crippen molar-refractivity contribution in [2.45, 2.75) is 25.9 Å². The Hall–Kier alpha value is -1.14. The van der Waals surface area contributed by atoms with Crippen LogP contribution in [0.15, 0.2) is 52.1 Å². The monoisotopic (exact) mass is 250 g/mol. The molecular weight excluding hydrogens is 240 g/mol. The largest absolute Gasteiger partial charge is 0.203 e. The Balaban J connectivity index is 2.23. The molecule has 0 spiro atoms. The first-order valence-corrected chi connectivity index (χ1v) is 6.51. The molecule has 3 rings (SSSR count). The molecule has 0 fully saturated rings. The second-order valence-corrected chi connectivity index (χ2v) is 4.90. The van der Waals surface area contributed by atoms with Crippen LogP contribution < -0.4 is 0 Å². The van der Waals surface area contributed by atoms with Crippen molar-refractivity contribution in [3.63, 3.8) is 0 Å². The Bertz CT molecular complexity index is 584. The molecule has 2 atom stereocenters. The number of nitrogens with zero attached hydrogens (tertiary/aromatic N) is 4. The van der Waals surface area contributed by atoms with Gasteiger partial charge in [-0.1, -0.05) is 12.2 Å². The van der Waals surface area contributed by atoms with Crippen LogP contribution in [0.5, 0.6) is 0 Å². The van der Waals surface area contributed by atoms with Crippen molar-refractivity contribution >= 4 is 22.7 Å². The van der Waals surface area contributed by atoms with Crippen molar-refractivity contribution in [3.8, 4) is 0 Å². The number of hydrogen-bond donors (Lipinski definition) is 0. The molecule has 3 aliphatic rings.